The molecule has 0 spiro atoms. The Bertz CT molecular complexity index is 1600. The fourth-order valence-electron chi connectivity index (χ4n) is 4.50. The Hall–Kier alpha value is -4.31. The van der Waals surface area contributed by atoms with E-state index in [0.29, 0.717) is 39.5 Å². The van der Waals surface area contributed by atoms with Crippen molar-refractivity contribution in [2.45, 2.75) is 33.6 Å². The minimum Gasteiger partial charge on any atom is -0.494 e. The molecule has 1 unspecified atom stereocenters. The molecule has 1 aliphatic rings. The summed E-state index contributed by atoms with van der Waals surface area (Å²) in [7, 11) is 0. The third-order valence-electron chi connectivity index (χ3n) is 6.15. The average molecular weight is 565 g/mol. The minimum absolute atomic E-state index is 0.00548. The van der Waals surface area contributed by atoms with Crippen LogP contribution in [-0.2, 0) is 19.1 Å². The first-order valence-electron chi connectivity index (χ1n) is 13.1. The molecule has 0 aliphatic carbocycles. The predicted molar refractivity (Wildman–Crippen MR) is 153 cm³/mol. The van der Waals surface area contributed by atoms with Crippen molar-refractivity contribution in [3.05, 3.63) is 84.8 Å². The van der Waals surface area contributed by atoms with Crippen molar-refractivity contribution in [1.82, 2.24) is 4.57 Å². The number of ether oxygens (including phenoxy) is 4. The lowest BCUT2D eigenvalue weighted by Crippen LogP contribution is -2.42. The zero-order chi connectivity index (χ0) is 28.8. The van der Waals surface area contributed by atoms with Gasteiger partial charge in [0.05, 0.1) is 48.0 Å². The number of esters is 2. The molecule has 40 heavy (non-hydrogen) atoms. The molecule has 3 aromatic rings. The Kier molecular flexibility index (Phi) is 9.11. The van der Waals surface area contributed by atoms with Gasteiger partial charge < -0.3 is 24.7 Å². The molecule has 0 saturated heterocycles. The normalized spacial score (nSPS) is 15.1. The zero-order valence-corrected chi connectivity index (χ0v) is 23.7. The lowest BCUT2D eigenvalue weighted by atomic mass is 9.83. The average Bonchev–Trinajstić information content (AvgIpc) is 3.26. The maximum atomic E-state index is 13.7. The molecule has 2 N–H and O–H groups in total. The second-order valence-corrected chi connectivity index (χ2v) is 9.68. The van der Waals surface area contributed by atoms with Crippen LogP contribution in [0.3, 0.4) is 0 Å². The number of hydrogen-bond acceptors (Lipinski definition) is 9. The minimum atomic E-state index is -0.926. The summed E-state index contributed by atoms with van der Waals surface area (Å²) < 4.78 is 23.7. The van der Waals surface area contributed by atoms with Gasteiger partial charge in [-0.3, -0.25) is 9.36 Å². The molecule has 1 aliphatic heterocycles. The van der Waals surface area contributed by atoms with Gasteiger partial charge in [-0.2, -0.15) is 0 Å². The van der Waals surface area contributed by atoms with Gasteiger partial charge in [0.15, 0.2) is 0 Å². The number of nitrogens with two attached hydrogens (primary N) is 1. The largest absolute Gasteiger partial charge is 0.494 e. The number of hydrogen-bond donors (Lipinski definition) is 1. The van der Waals surface area contributed by atoms with Crippen LogP contribution < -0.4 is 30.0 Å². The Morgan fingerprint density at radius 2 is 1.35 bits per heavy atom. The van der Waals surface area contributed by atoms with Crippen molar-refractivity contribution >= 4 is 40.7 Å². The molecular weight excluding hydrogens is 532 g/mol. The number of fused-ring (bicyclic) bond motifs is 1. The highest BCUT2D eigenvalue weighted by atomic mass is 32.1. The van der Waals surface area contributed by atoms with Crippen molar-refractivity contribution in [3.63, 3.8) is 0 Å². The molecule has 0 bridgehead atoms. The van der Waals surface area contributed by atoms with Gasteiger partial charge in [0.25, 0.3) is 5.56 Å². The van der Waals surface area contributed by atoms with E-state index in [4.69, 9.17) is 24.7 Å². The monoisotopic (exact) mass is 564 g/mol. The maximum Gasteiger partial charge on any atom is 0.338 e. The van der Waals surface area contributed by atoms with Crippen LogP contribution in [0.1, 0.15) is 44.7 Å². The van der Waals surface area contributed by atoms with Crippen LogP contribution in [0.5, 0.6) is 11.5 Å². The van der Waals surface area contributed by atoms with E-state index in [1.54, 1.807) is 44.2 Å². The van der Waals surface area contributed by atoms with Crippen molar-refractivity contribution < 1.29 is 28.5 Å². The Labute approximate surface area is 235 Å². The van der Waals surface area contributed by atoms with Gasteiger partial charge in [0.1, 0.15) is 22.0 Å². The number of rotatable bonds is 10. The summed E-state index contributed by atoms with van der Waals surface area (Å²) >= 11 is 1.11. The standard InChI is InChI=1S/C30H32N2O7S/c1-5-36-20-13-9-18(10-14-20)17-22-27(33)32-26(31)24(29(34)38-7-3)23(19-11-15-21(16-12-19)37-6-2)25(28(32)40-22)30(35)39-8-4/h9-17,23H,5-8,31H2,1-4H3. The molecule has 0 fully saturated rings. The SMILES string of the molecule is CCOC(=O)C1=C(N)n2c(sc(=Cc3ccc(OCC)cc3)c2=O)=C(C(=O)OCC)C1c1ccc(OCC)cc1. The van der Waals surface area contributed by atoms with Crippen LogP contribution in [-0.4, -0.2) is 42.9 Å². The highest BCUT2D eigenvalue weighted by Crippen LogP contribution is 2.38. The van der Waals surface area contributed by atoms with E-state index in [1.807, 2.05) is 38.1 Å². The third-order valence-corrected chi connectivity index (χ3v) is 7.26. The van der Waals surface area contributed by atoms with Crippen LogP contribution in [0.4, 0.5) is 0 Å². The van der Waals surface area contributed by atoms with Crippen molar-refractivity contribution in [2.24, 2.45) is 5.73 Å². The number of aromatic nitrogens is 1. The number of benzene rings is 2. The summed E-state index contributed by atoms with van der Waals surface area (Å²) in [5.41, 5.74) is 7.58. The van der Waals surface area contributed by atoms with E-state index in [9.17, 15) is 14.4 Å². The molecule has 210 valence electrons. The third kappa shape index (κ3) is 5.67. The Balaban J connectivity index is 2.01. The highest BCUT2D eigenvalue weighted by molar-refractivity contribution is 7.07. The van der Waals surface area contributed by atoms with Crippen molar-refractivity contribution in [2.75, 3.05) is 26.4 Å². The zero-order valence-electron chi connectivity index (χ0n) is 22.9. The van der Waals surface area contributed by atoms with Gasteiger partial charge in [0, 0.05) is 0 Å². The molecule has 0 saturated carbocycles. The predicted octanol–water partition coefficient (Wildman–Crippen LogP) is 2.74. The smallest absolute Gasteiger partial charge is 0.338 e. The summed E-state index contributed by atoms with van der Waals surface area (Å²) in [4.78, 5) is 40.5. The van der Waals surface area contributed by atoms with Gasteiger partial charge in [-0.25, -0.2) is 9.59 Å². The molecule has 4 rings (SSSR count). The van der Waals surface area contributed by atoms with Crippen LogP contribution in [0.2, 0.25) is 0 Å². The lowest BCUT2D eigenvalue weighted by molar-refractivity contribution is -0.138. The first-order valence-corrected chi connectivity index (χ1v) is 13.9. The molecule has 10 heteroatoms. The molecule has 1 atom stereocenters. The second kappa shape index (κ2) is 12.7. The molecule has 9 nitrogen and oxygen atoms in total. The molecule has 0 amide bonds. The summed E-state index contributed by atoms with van der Waals surface area (Å²) in [5, 5.41) is 0. The fourth-order valence-corrected chi connectivity index (χ4v) is 5.66. The van der Waals surface area contributed by atoms with Crippen molar-refractivity contribution in [3.8, 4) is 11.5 Å². The van der Waals surface area contributed by atoms with Gasteiger partial charge in [-0.15, -0.1) is 11.3 Å². The van der Waals surface area contributed by atoms with E-state index >= 15 is 0 Å². The van der Waals surface area contributed by atoms with Gasteiger partial charge >= 0.3 is 11.9 Å². The summed E-state index contributed by atoms with van der Waals surface area (Å²) in [6.07, 6.45) is 1.71. The van der Waals surface area contributed by atoms with E-state index in [1.165, 1.54) is 4.57 Å². The van der Waals surface area contributed by atoms with E-state index in [-0.39, 0.29) is 30.2 Å². The van der Waals surface area contributed by atoms with Crippen molar-refractivity contribution in [1.29, 1.82) is 0 Å². The summed E-state index contributed by atoms with van der Waals surface area (Å²) in [6, 6.07) is 14.3. The van der Waals surface area contributed by atoms with Crippen LogP contribution >= 0.6 is 11.3 Å². The first kappa shape index (κ1) is 28.7. The van der Waals surface area contributed by atoms with Crippen LogP contribution in [0.25, 0.3) is 17.5 Å². The number of carbonyl (C=O) groups is 2. The number of carbonyl (C=O) groups excluding carboxylic acids is 2. The molecule has 2 heterocycles. The molecule has 0 radical (unpaired) electrons. The topological polar surface area (TPSA) is 119 Å². The molecule has 2 aromatic carbocycles. The van der Waals surface area contributed by atoms with Gasteiger partial charge in [-0.05, 0) is 69.2 Å². The van der Waals surface area contributed by atoms with E-state index < -0.39 is 23.4 Å². The first-order chi connectivity index (χ1) is 19.3. The number of nitrogens with zero attached hydrogens (tertiary/aromatic N) is 1. The Morgan fingerprint density at radius 3 is 1.88 bits per heavy atom. The quantitative estimate of drug-likeness (QED) is 0.374. The lowest BCUT2D eigenvalue weighted by Gasteiger charge is -2.27. The van der Waals surface area contributed by atoms with E-state index in [2.05, 4.69) is 0 Å². The molecule has 1 aromatic heterocycles. The highest BCUT2D eigenvalue weighted by Gasteiger charge is 2.40. The maximum absolute atomic E-state index is 13.7. The number of thiazole rings is 1. The Morgan fingerprint density at radius 1 is 0.825 bits per heavy atom. The van der Waals surface area contributed by atoms with E-state index in [0.717, 1.165) is 16.9 Å². The van der Waals surface area contributed by atoms with Crippen LogP contribution in [0.15, 0.2) is 58.9 Å². The van der Waals surface area contributed by atoms with Gasteiger partial charge in [0.2, 0.25) is 0 Å². The van der Waals surface area contributed by atoms with Crippen LogP contribution in [0, 0.1) is 0 Å². The summed E-state index contributed by atoms with van der Waals surface area (Å²) in [5.74, 6) is -1.04. The van der Waals surface area contributed by atoms with Gasteiger partial charge in [-0.1, -0.05) is 24.3 Å². The summed E-state index contributed by atoms with van der Waals surface area (Å²) in [6.45, 7) is 8.36. The molecular formula is C30H32N2O7S. The second-order valence-electron chi connectivity index (χ2n) is 8.65. The fraction of sp³-hybridized carbons (Fsp3) is 0.300.